The van der Waals surface area contributed by atoms with Crippen molar-refractivity contribution in [3.8, 4) is 0 Å². The molecule has 1 atom stereocenters. The molecule has 0 aromatic heterocycles. The lowest BCUT2D eigenvalue weighted by Crippen LogP contribution is -2.40. The molecule has 0 spiro atoms. The van der Waals surface area contributed by atoms with Crippen molar-refractivity contribution in [1.29, 1.82) is 0 Å². The number of nitrogens with zero attached hydrogens (tertiary/aromatic N) is 2. The van der Waals surface area contributed by atoms with Gasteiger partial charge in [0.2, 0.25) is 15.9 Å². The Morgan fingerprint density at radius 1 is 1.20 bits per heavy atom. The van der Waals surface area contributed by atoms with E-state index in [9.17, 15) is 13.2 Å². The summed E-state index contributed by atoms with van der Waals surface area (Å²) in [6.45, 7) is 6.42. The zero-order chi connectivity index (χ0) is 18.0. The topological polar surface area (TPSA) is 57.7 Å². The van der Waals surface area contributed by atoms with Crippen LogP contribution in [-0.4, -0.2) is 54.2 Å². The number of fused-ring (bicyclic) bond motifs is 1. The van der Waals surface area contributed by atoms with Crippen molar-refractivity contribution < 1.29 is 13.2 Å². The summed E-state index contributed by atoms with van der Waals surface area (Å²) < 4.78 is 27.1. The fraction of sp³-hybridized carbons (Fsp3) is 0.611. The maximum atomic E-state index is 12.8. The molecule has 7 heteroatoms. The van der Waals surface area contributed by atoms with Crippen LogP contribution in [0.15, 0.2) is 23.1 Å². The highest BCUT2D eigenvalue weighted by Crippen LogP contribution is 2.27. The number of thioether (sulfide) groups is 1. The number of hydrogen-bond acceptors (Lipinski definition) is 4. The first kappa shape index (κ1) is 18.7. The molecular formula is C18H26N2O3S2. The minimum Gasteiger partial charge on any atom is -0.337 e. The van der Waals surface area contributed by atoms with E-state index >= 15 is 0 Å². The largest absolute Gasteiger partial charge is 0.337 e. The van der Waals surface area contributed by atoms with Gasteiger partial charge in [-0.25, -0.2) is 8.42 Å². The highest BCUT2D eigenvalue weighted by molar-refractivity contribution is 8.00. The van der Waals surface area contributed by atoms with Gasteiger partial charge in [-0.3, -0.25) is 4.79 Å². The summed E-state index contributed by atoms with van der Waals surface area (Å²) in [5.74, 6) is 1.06. The van der Waals surface area contributed by atoms with Crippen LogP contribution in [-0.2, 0) is 27.8 Å². The van der Waals surface area contributed by atoms with Crippen molar-refractivity contribution >= 4 is 27.7 Å². The van der Waals surface area contributed by atoms with Crippen LogP contribution in [0.4, 0.5) is 0 Å². The SMILES string of the molecule is CCS[C@@H](C)C(=O)N1CCc2ccc(S(=O)(=O)N3CCCC3)cc2C1. The first-order valence-electron chi connectivity index (χ1n) is 8.96. The van der Waals surface area contributed by atoms with Crippen LogP contribution in [0.2, 0.25) is 0 Å². The normalized spacial score (nSPS) is 19.7. The van der Waals surface area contributed by atoms with Gasteiger partial charge in [-0.05, 0) is 55.2 Å². The van der Waals surface area contributed by atoms with Crippen LogP contribution in [0.25, 0.3) is 0 Å². The Bertz CT molecular complexity index is 743. The maximum absolute atomic E-state index is 12.8. The summed E-state index contributed by atoms with van der Waals surface area (Å²) in [6, 6.07) is 5.42. The number of rotatable bonds is 5. The Balaban J connectivity index is 1.81. The monoisotopic (exact) mass is 382 g/mol. The van der Waals surface area contributed by atoms with E-state index in [2.05, 4.69) is 6.92 Å². The van der Waals surface area contributed by atoms with E-state index in [0.717, 1.165) is 36.1 Å². The molecule has 1 fully saturated rings. The fourth-order valence-electron chi connectivity index (χ4n) is 3.54. The van der Waals surface area contributed by atoms with Crippen LogP contribution in [0.5, 0.6) is 0 Å². The summed E-state index contributed by atoms with van der Waals surface area (Å²) in [7, 11) is -3.41. The Morgan fingerprint density at radius 3 is 2.60 bits per heavy atom. The van der Waals surface area contributed by atoms with Crippen molar-refractivity contribution in [2.24, 2.45) is 0 Å². The fourth-order valence-corrected chi connectivity index (χ4v) is 5.90. The van der Waals surface area contributed by atoms with Crippen LogP contribution in [0, 0.1) is 0 Å². The van der Waals surface area contributed by atoms with Gasteiger partial charge in [0, 0.05) is 26.2 Å². The molecule has 1 saturated heterocycles. The Labute approximate surface area is 154 Å². The Kier molecular flexibility index (Phi) is 5.75. The van der Waals surface area contributed by atoms with Crippen LogP contribution < -0.4 is 0 Å². The number of carbonyl (C=O) groups is 1. The number of hydrogen-bond donors (Lipinski definition) is 0. The van der Waals surface area contributed by atoms with Gasteiger partial charge in [0.25, 0.3) is 0 Å². The van der Waals surface area contributed by atoms with E-state index in [1.165, 1.54) is 0 Å². The summed E-state index contributed by atoms with van der Waals surface area (Å²) in [5.41, 5.74) is 2.12. The Hall–Kier alpha value is -1.05. The highest BCUT2D eigenvalue weighted by atomic mass is 32.2. The average molecular weight is 383 g/mol. The van der Waals surface area contributed by atoms with Gasteiger partial charge in [-0.15, -0.1) is 11.8 Å². The zero-order valence-corrected chi connectivity index (χ0v) is 16.5. The first-order chi connectivity index (χ1) is 11.9. The summed E-state index contributed by atoms with van der Waals surface area (Å²) in [4.78, 5) is 14.8. The third kappa shape index (κ3) is 3.88. The molecule has 2 aliphatic rings. The molecular weight excluding hydrogens is 356 g/mol. The van der Waals surface area contributed by atoms with Crippen molar-refractivity contribution in [2.45, 2.75) is 49.8 Å². The molecule has 25 heavy (non-hydrogen) atoms. The zero-order valence-electron chi connectivity index (χ0n) is 14.9. The summed E-state index contributed by atoms with van der Waals surface area (Å²) >= 11 is 1.64. The van der Waals surface area contributed by atoms with E-state index in [4.69, 9.17) is 0 Å². The molecule has 2 heterocycles. The lowest BCUT2D eigenvalue weighted by Gasteiger charge is -2.31. The lowest BCUT2D eigenvalue weighted by molar-refractivity contribution is -0.131. The molecule has 0 radical (unpaired) electrons. The van der Waals surface area contributed by atoms with Gasteiger partial charge in [0.15, 0.2) is 0 Å². The molecule has 0 N–H and O–H groups in total. The van der Waals surface area contributed by atoms with Gasteiger partial charge in [0.05, 0.1) is 10.1 Å². The molecule has 1 aromatic rings. The third-order valence-corrected chi connectivity index (χ3v) is 7.90. The number of benzene rings is 1. The van der Waals surface area contributed by atoms with Crippen molar-refractivity contribution in [2.75, 3.05) is 25.4 Å². The van der Waals surface area contributed by atoms with E-state index in [1.807, 2.05) is 17.9 Å². The number of sulfonamides is 1. The second-order valence-corrected chi connectivity index (χ2v) is 10.2. The molecule has 3 rings (SSSR count). The van der Waals surface area contributed by atoms with E-state index < -0.39 is 10.0 Å². The molecule has 138 valence electrons. The van der Waals surface area contributed by atoms with Gasteiger partial charge in [-0.1, -0.05) is 13.0 Å². The molecule has 1 aromatic carbocycles. The van der Waals surface area contributed by atoms with Gasteiger partial charge >= 0.3 is 0 Å². The number of carbonyl (C=O) groups excluding carboxylic acids is 1. The van der Waals surface area contributed by atoms with E-state index in [1.54, 1.807) is 28.2 Å². The molecule has 0 aliphatic carbocycles. The lowest BCUT2D eigenvalue weighted by atomic mass is 10.00. The average Bonchev–Trinajstić information content (AvgIpc) is 3.15. The number of amides is 1. The summed E-state index contributed by atoms with van der Waals surface area (Å²) in [6.07, 6.45) is 2.65. The smallest absolute Gasteiger partial charge is 0.243 e. The molecule has 2 aliphatic heterocycles. The standard InChI is InChI=1S/C18H26N2O3S2/c1-3-24-14(2)18(21)19-11-8-15-6-7-17(12-16(15)13-19)25(22,23)20-9-4-5-10-20/h6-7,12,14H,3-5,8-11,13H2,1-2H3/t14-/m0/s1. The van der Waals surface area contributed by atoms with Crippen LogP contribution in [0.3, 0.4) is 0 Å². The quantitative estimate of drug-likeness (QED) is 0.785. The molecule has 0 bridgehead atoms. The van der Waals surface area contributed by atoms with Gasteiger partial charge in [0.1, 0.15) is 0 Å². The second-order valence-electron chi connectivity index (χ2n) is 6.65. The first-order valence-corrected chi connectivity index (χ1v) is 11.4. The predicted octanol–water partition coefficient (Wildman–Crippen LogP) is 2.50. The van der Waals surface area contributed by atoms with Crippen LogP contribution >= 0.6 is 11.8 Å². The van der Waals surface area contributed by atoms with Crippen molar-refractivity contribution in [1.82, 2.24) is 9.21 Å². The predicted molar refractivity (Wildman–Crippen MR) is 101 cm³/mol. The van der Waals surface area contributed by atoms with Crippen molar-refractivity contribution in [3.05, 3.63) is 29.3 Å². The van der Waals surface area contributed by atoms with Crippen LogP contribution in [0.1, 0.15) is 37.8 Å². The molecule has 1 amide bonds. The summed E-state index contributed by atoms with van der Waals surface area (Å²) in [5, 5.41) is -0.0527. The van der Waals surface area contributed by atoms with Gasteiger partial charge in [-0.2, -0.15) is 4.31 Å². The molecule has 0 unspecified atom stereocenters. The van der Waals surface area contributed by atoms with Crippen molar-refractivity contribution in [3.63, 3.8) is 0 Å². The minimum atomic E-state index is -3.41. The molecule has 5 nitrogen and oxygen atoms in total. The van der Waals surface area contributed by atoms with E-state index in [-0.39, 0.29) is 11.2 Å². The van der Waals surface area contributed by atoms with Gasteiger partial charge < -0.3 is 4.90 Å². The highest BCUT2D eigenvalue weighted by Gasteiger charge is 2.29. The third-order valence-electron chi connectivity index (χ3n) is 4.97. The molecule has 0 saturated carbocycles. The minimum absolute atomic E-state index is 0.0527. The maximum Gasteiger partial charge on any atom is 0.243 e. The second kappa shape index (κ2) is 7.68. The Morgan fingerprint density at radius 2 is 1.92 bits per heavy atom. The van der Waals surface area contributed by atoms with E-state index in [0.29, 0.717) is 31.1 Å².